The van der Waals surface area contributed by atoms with Crippen molar-refractivity contribution in [1.29, 1.82) is 0 Å². The number of carbonyl (C=O) groups excluding carboxylic acids is 3. The highest BCUT2D eigenvalue weighted by atomic mass is 32.2. The fourth-order valence-corrected chi connectivity index (χ4v) is 10.9. The normalized spacial score (nSPS) is 29.3. The van der Waals surface area contributed by atoms with E-state index in [1.54, 1.807) is 11.8 Å². The molecule has 5 atom stereocenters. The number of carbonyl (C=O) groups is 3. The number of ether oxygens (including phenoxy) is 1. The first-order valence-electron chi connectivity index (χ1n) is 22.3. The van der Waals surface area contributed by atoms with E-state index in [-0.39, 0.29) is 35.6 Å². The Morgan fingerprint density at radius 2 is 1.68 bits per heavy atom. The zero-order chi connectivity index (χ0) is 42.6. The van der Waals surface area contributed by atoms with Crippen molar-refractivity contribution < 1.29 is 27.5 Å². The molecule has 0 unspecified atom stereocenters. The van der Waals surface area contributed by atoms with Gasteiger partial charge < -0.3 is 15.0 Å². The van der Waals surface area contributed by atoms with Crippen LogP contribution in [0.2, 0.25) is 0 Å². The van der Waals surface area contributed by atoms with Crippen LogP contribution in [0.25, 0.3) is 10.9 Å². The highest BCUT2D eigenvalue weighted by Crippen LogP contribution is 2.47. The zero-order valence-corrected chi connectivity index (χ0v) is 37.7. The van der Waals surface area contributed by atoms with Gasteiger partial charge in [-0.3, -0.25) is 24.0 Å². The van der Waals surface area contributed by atoms with Gasteiger partial charge in [-0.15, -0.1) is 0 Å². The Balaban J connectivity index is 1.28. The summed E-state index contributed by atoms with van der Waals surface area (Å²) in [6.45, 7) is 18.8. The summed E-state index contributed by atoms with van der Waals surface area (Å²) >= 11 is 0. The number of fused-ring (bicyclic) bond motifs is 5. The second-order valence-corrected chi connectivity index (χ2v) is 23.4. The summed E-state index contributed by atoms with van der Waals surface area (Å²) < 4.78 is 35.4. The maximum Gasteiger partial charge on any atom is 0.259 e. The number of hydrogen-bond acceptors (Lipinski definition) is 8. The lowest BCUT2D eigenvalue weighted by atomic mass is 9.65. The molecule has 11 nitrogen and oxygen atoms in total. The lowest BCUT2D eigenvalue weighted by molar-refractivity contribution is -0.146. The van der Waals surface area contributed by atoms with Gasteiger partial charge in [0, 0.05) is 23.3 Å². The Morgan fingerprint density at radius 1 is 0.983 bits per heavy atom. The van der Waals surface area contributed by atoms with Gasteiger partial charge in [0.2, 0.25) is 21.8 Å². The van der Waals surface area contributed by atoms with Crippen LogP contribution in [-0.2, 0) is 30.8 Å². The van der Waals surface area contributed by atoms with Crippen LogP contribution in [0.1, 0.15) is 143 Å². The first-order chi connectivity index (χ1) is 27.6. The van der Waals surface area contributed by atoms with Crippen LogP contribution in [0.15, 0.2) is 36.4 Å². The van der Waals surface area contributed by atoms with Gasteiger partial charge in [0.1, 0.15) is 22.9 Å². The molecule has 59 heavy (non-hydrogen) atoms. The number of nitrogens with zero attached hydrogens (tertiary/aromatic N) is 3. The number of aromatic nitrogens is 1. The maximum absolute atomic E-state index is 15.6. The van der Waals surface area contributed by atoms with Gasteiger partial charge in [-0.1, -0.05) is 84.7 Å². The monoisotopic (exact) mass is 831 g/mol. The molecular weight excluding hydrogens is 763 g/mol. The maximum atomic E-state index is 15.6. The molecule has 2 N–H and O–H groups in total. The van der Waals surface area contributed by atoms with Crippen LogP contribution >= 0.6 is 0 Å². The topological polar surface area (TPSA) is 138 Å². The Kier molecular flexibility index (Phi) is 11.9. The van der Waals surface area contributed by atoms with Gasteiger partial charge >= 0.3 is 0 Å². The molecule has 1 saturated heterocycles. The number of aryl methyl sites for hydroxylation is 2. The van der Waals surface area contributed by atoms with Crippen molar-refractivity contribution in [3.05, 3.63) is 47.7 Å². The van der Waals surface area contributed by atoms with Crippen LogP contribution in [-0.4, -0.2) is 88.5 Å². The van der Waals surface area contributed by atoms with E-state index in [1.165, 1.54) is 0 Å². The summed E-state index contributed by atoms with van der Waals surface area (Å²) in [6.07, 6.45) is 13.6. The predicted octanol–water partition coefficient (Wildman–Crippen LogP) is 7.53. The minimum Gasteiger partial charge on any atom is -0.483 e. The van der Waals surface area contributed by atoms with Crippen molar-refractivity contribution in [3.8, 4) is 5.75 Å². The first-order valence-corrected chi connectivity index (χ1v) is 23.8. The van der Waals surface area contributed by atoms with Crippen LogP contribution in [0.5, 0.6) is 5.75 Å². The third-order valence-corrected chi connectivity index (χ3v) is 16.2. The third-order valence-electron chi connectivity index (χ3n) is 14.1. The van der Waals surface area contributed by atoms with Gasteiger partial charge in [-0.2, -0.15) is 0 Å². The molecule has 2 saturated carbocycles. The molecule has 2 aromatic rings. The Bertz CT molecular complexity index is 2070. The number of amides is 3. The molecule has 0 radical (unpaired) electrons. The second kappa shape index (κ2) is 16.1. The number of pyridine rings is 1. The minimum absolute atomic E-state index is 0.0628. The van der Waals surface area contributed by atoms with E-state index in [0.717, 1.165) is 79.5 Å². The molecule has 1 aromatic carbocycles. The minimum atomic E-state index is -3.96. The summed E-state index contributed by atoms with van der Waals surface area (Å²) in [5.74, 6) is -0.868. The average Bonchev–Trinajstić information content (AvgIpc) is 3.82. The smallest absolute Gasteiger partial charge is 0.259 e. The number of hydrogen-bond donors (Lipinski definition) is 2. The zero-order valence-electron chi connectivity index (χ0n) is 36.9. The summed E-state index contributed by atoms with van der Waals surface area (Å²) in [4.78, 5) is 54.1. The summed E-state index contributed by atoms with van der Waals surface area (Å²) in [5.41, 5.74) is 0.599. The number of sulfonamides is 1. The van der Waals surface area contributed by atoms with Gasteiger partial charge in [-0.05, 0) is 114 Å². The highest BCUT2D eigenvalue weighted by molar-refractivity contribution is 7.91. The number of nitrogens with one attached hydrogen (secondary N) is 2. The number of benzene rings is 1. The van der Waals surface area contributed by atoms with E-state index in [1.807, 2.05) is 31.2 Å². The van der Waals surface area contributed by atoms with E-state index < -0.39 is 49.8 Å². The Hall–Kier alpha value is -3.51. The largest absolute Gasteiger partial charge is 0.483 e. The van der Waals surface area contributed by atoms with E-state index in [0.29, 0.717) is 44.9 Å². The first kappa shape index (κ1) is 43.6. The average molecular weight is 832 g/mol. The van der Waals surface area contributed by atoms with Gasteiger partial charge in [0.25, 0.3) is 5.91 Å². The third kappa shape index (κ3) is 9.09. The molecule has 12 heteroatoms. The Morgan fingerprint density at radius 3 is 2.32 bits per heavy atom. The van der Waals surface area contributed by atoms with E-state index >= 15 is 9.59 Å². The molecule has 2 aliphatic carbocycles. The van der Waals surface area contributed by atoms with Gasteiger partial charge in [-0.25, -0.2) is 13.4 Å². The number of rotatable bonds is 8. The fraction of sp³-hybridized carbons (Fsp3) is 0.702. The molecule has 0 bridgehead atoms. The lowest BCUT2D eigenvalue weighted by Crippen LogP contribution is -2.70. The van der Waals surface area contributed by atoms with E-state index in [4.69, 9.17) is 9.72 Å². The van der Waals surface area contributed by atoms with Crippen molar-refractivity contribution in [2.24, 2.45) is 16.7 Å². The van der Waals surface area contributed by atoms with Gasteiger partial charge in [0.05, 0.1) is 28.5 Å². The van der Waals surface area contributed by atoms with Crippen molar-refractivity contribution in [2.45, 2.75) is 173 Å². The standard InChI is InChI=1S/C47H69N5O6S/c1-32-39-35(34-17-14-15-18-36(34)48-32)21-22-46(58-39)30-38-40(53)49-47(42(55)50-59(56,57)45(8)24-25-45)23-20-33(47)16-12-10-9-11-13-19-37(41(54)52(38)31-46)51(28-26-43(2,3)4)29-27-44(5,6)7/h12,14-18,33,37-38H,9-11,13,19-31H2,1-8H3,(H,49,53)(H,50,55)/b16-12-/t33-,37+,38+,46-,47-/m1/s1. The predicted molar refractivity (Wildman–Crippen MR) is 232 cm³/mol. The van der Waals surface area contributed by atoms with Crippen LogP contribution < -0.4 is 14.8 Å². The van der Waals surface area contributed by atoms with Crippen LogP contribution in [0, 0.1) is 23.7 Å². The molecule has 3 aliphatic heterocycles. The lowest BCUT2D eigenvalue weighted by Gasteiger charge is -2.48. The summed E-state index contributed by atoms with van der Waals surface area (Å²) in [5, 5.41) is 4.20. The highest BCUT2D eigenvalue weighted by Gasteiger charge is 2.59. The summed E-state index contributed by atoms with van der Waals surface area (Å²) in [7, 11) is -3.96. The molecule has 3 amide bonds. The summed E-state index contributed by atoms with van der Waals surface area (Å²) in [6, 6.07) is 6.72. The quantitative estimate of drug-likeness (QED) is 0.261. The molecule has 7 rings (SSSR count). The van der Waals surface area contributed by atoms with Crippen molar-refractivity contribution >= 4 is 38.6 Å². The molecule has 3 fully saturated rings. The van der Waals surface area contributed by atoms with Crippen molar-refractivity contribution in [3.63, 3.8) is 0 Å². The molecule has 324 valence electrons. The second-order valence-electron chi connectivity index (χ2n) is 21.2. The Labute approximate surface area is 352 Å². The molecule has 1 aromatic heterocycles. The van der Waals surface area contributed by atoms with Crippen molar-refractivity contribution in [2.75, 3.05) is 19.6 Å². The van der Waals surface area contributed by atoms with E-state index in [2.05, 4.69) is 68.6 Å². The SMILES string of the molecule is Cc1nc2ccccc2c2c1O[C@]1(CC2)C[C@H]2C(=O)N[C@]3(C(=O)NS(=O)(=O)C4(C)CC4)CC[C@H]3/C=C\CCCCC[C@H](N(CCC(C)(C)C)CCC(C)(C)C)C(=O)N2C1. The number of allylic oxidation sites excluding steroid dienone is 1. The van der Waals surface area contributed by atoms with Gasteiger partial charge in [0.15, 0.2) is 0 Å². The fourth-order valence-electron chi connectivity index (χ4n) is 9.58. The molecule has 4 heterocycles. The molecule has 5 aliphatic rings. The van der Waals surface area contributed by atoms with Crippen molar-refractivity contribution in [1.82, 2.24) is 24.8 Å². The number of para-hydroxylation sites is 1. The molecule has 1 spiro atoms. The molecular formula is C47H69N5O6S. The van der Waals surface area contributed by atoms with Crippen LogP contribution in [0.4, 0.5) is 0 Å². The van der Waals surface area contributed by atoms with Crippen LogP contribution in [0.3, 0.4) is 0 Å². The van der Waals surface area contributed by atoms with E-state index in [9.17, 15) is 13.2 Å².